The van der Waals surface area contributed by atoms with Gasteiger partial charge in [-0.05, 0) is 60.4 Å². The third-order valence-electron chi connectivity index (χ3n) is 7.46. The molecular formula is C31H32ClN3O3. The van der Waals surface area contributed by atoms with E-state index in [2.05, 4.69) is 46.8 Å². The highest BCUT2D eigenvalue weighted by atomic mass is 35.5. The van der Waals surface area contributed by atoms with Gasteiger partial charge in [-0.1, -0.05) is 79.0 Å². The number of fused-ring (bicyclic) bond motifs is 1. The fourth-order valence-electron chi connectivity index (χ4n) is 5.55. The zero-order valence-electron chi connectivity index (χ0n) is 21.3. The van der Waals surface area contributed by atoms with Gasteiger partial charge in [0.25, 0.3) is 5.91 Å². The van der Waals surface area contributed by atoms with Gasteiger partial charge in [-0.2, -0.15) is 5.10 Å². The highest BCUT2D eigenvalue weighted by Gasteiger charge is 2.22. The van der Waals surface area contributed by atoms with Crippen molar-refractivity contribution >= 4 is 34.4 Å². The smallest absolute Gasteiger partial charge is 0.303 e. The average molecular weight is 530 g/mol. The number of carbonyl (C=O) groups is 2. The Morgan fingerprint density at radius 1 is 0.947 bits per heavy atom. The lowest BCUT2D eigenvalue weighted by Crippen LogP contribution is -2.36. The Morgan fingerprint density at radius 2 is 1.63 bits per heavy atom. The van der Waals surface area contributed by atoms with Crippen molar-refractivity contribution in [3.05, 3.63) is 89.1 Å². The molecule has 196 valence electrons. The highest BCUT2D eigenvalue weighted by Crippen LogP contribution is 2.28. The van der Waals surface area contributed by atoms with Crippen molar-refractivity contribution in [2.24, 2.45) is 5.92 Å². The second-order valence-corrected chi connectivity index (χ2v) is 10.7. The number of aliphatic carboxylic acids is 1. The number of amides is 1. The van der Waals surface area contributed by atoms with Crippen LogP contribution < -0.4 is 5.32 Å². The van der Waals surface area contributed by atoms with Crippen LogP contribution in [0.2, 0.25) is 5.02 Å². The first kappa shape index (κ1) is 26.0. The number of halogens is 1. The van der Waals surface area contributed by atoms with Gasteiger partial charge in [0, 0.05) is 22.9 Å². The van der Waals surface area contributed by atoms with Crippen LogP contribution in [-0.4, -0.2) is 32.8 Å². The minimum atomic E-state index is -0.728. The summed E-state index contributed by atoms with van der Waals surface area (Å²) in [6, 6.07) is 22.3. The molecule has 4 aromatic rings. The van der Waals surface area contributed by atoms with Gasteiger partial charge in [0.15, 0.2) is 0 Å². The van der Waals surface area contributed by atoms with Crippen molar-refractivity contribution in [3.8, 4) is 11.1 Å². The van der Waals surface area contributed by atoms with Crippen LogP contribution in [0.15, 0.2) is 72.9 Å². The molecule has 0 spiro atoms. The van der Waals surface area contributed by atoms with Gasteiger partial charge in [0.05, 0.1) is 23.8 Å². The molecule has 0 atom stereocenters. The van der Waals surface area contributed by atoms with Crippen molar-refractivity contribution < 1.29 is 14.7 Å². The van der Waals surface area contributed by atoms with Gasteiger partial charge < -0.3 is 10.4 Å². The van der Waals surface area contributed by atoms with Gasteiger partial charge >= 0.3 is 5.97 Å². The molecular weight excluding hydrogens is 498 g/mol. The van der Waals surface area contributed by atoms with Crippen molar-refractivity contribution in [3.63, 3.8) is 0 Å². The summed E-state index contributed by atoms with van der Waals surface area (Å²) in [5.74, 6) is -0.645. The van der Waals surface area contributed by atoms with Gasteiger partial charge in [0.2, 0.25) is 0 Å². The van der Waals surface area contributed by atoms with Gasteiger partial charge in [-0.15, -0.1) is 0 Å². The minimum absolute atomic E-state index is 0.0595. The van der Waals surface area contributed by atoms with E-state index in [4.69, 9.17) is 16.7 Å². The van der Waals surface area contributed by atoms with E-state index in [1.54, 1.807) is 12.3 Å². The summed E-state index contributed by atoms with van der Waals surface area (Å²) in [6.07, 6.45) is 7.27. The van der Waals surface area contributed by atoms with E-state index < -0.39 is 5.97 Å². The van der Waals surface area contributed by atoms with Crippen molar-refractivity contribution in [1.82, 2.24) is 15.1 Å². The molecule has 5 rings (SSSR count). The number of carboxylic acid groups (broad SMARTS) is 1. The second kappa shape index (κ2) is 11.8. The predicted octanol–water partition coefficient (Wildman–Crippen LogP) is 6.95. The second-order valence-electron chi connectivity index (χ2n) is 10.3. The van der Waals surface area contributed by atoms with E-state index >= 15 is 0 Å². The number of aromatic nitrogens is 2. The maximum absolute atomic E-state index is 13.5. The van der Waals surface area contributed by atoms with E-state index in [1.165, 1.54) is 5.56 Å². The molecule has 38 heavy (non-hydrogen) atoms. The largest absolute Gasteiger partial charge is 0.481 e. The molecule has 1 aliphatic carbocycles. The Bertz CT molecular complexity index is 1410. The van der Waals surface area contributed by atoms with E-state index in [9.17, 15) is 9.59 Å². The quantitative estimate of drug-likeness (QED) is 0.271. The molecule has 1 saturated carbocycles. The summed E-state index contributed by atoms with van der Waals surface area (Å²) in [7, 11) is 0. The van der Waals surface area contributed by atoms with Crippen molar-refractivity contribution in [1.29, 1.82) is 0 Å². The Kier molecular flexibility index (Phi) is 8.08. The van der Waals surface area contributed by atoms with Crippen LogP contribution in [0.1, 0.15) is 60.9 Å². The van der Waals surface area contributed by atoms with Gasteiger partial charge in [-0.3, -0.25) is 14.3 Å². The van der Waals surface area contributed by atoms with Crippen LogP contribution in [0, 0.1) is 5.92 Å². The molecule has 1 amide bonds. The van der Waals surface area contributed by atoms with Crippen LogP contribution in [0.4, 0.5) is 0 Å². The maximum Gasteiger partial charge on any atom is 0.303 e. The van der Waals surface area contributed by atoms with Gasteiger partial charge in [-0.25, -0.2) is 0 Å². The molecule has 0 saturated heterocycles. The number of carbonyl (C=O) groups excluding carboxylic acids is 1. The Balaban J connectivity index is 1.32. The van der Waals surface area contributed by atoms with Crippen molar-refractivity contribution in [2.75, 3.05) is 0 Å². The molecule has 0 aliphatic heterocycles. The monoisotopic (exact) mass is 529 g/mol. The number of rotatable bonds is 7. The van der Waals surface area contributed by atoms with E-state index in [0.29, 0.717) is 17.1 Å². The summed E-state index contributed by atoms with van der Waals surface area (Å²) in [5, 5.41) is 18.3. The van der Waals surface area contributed by atoms with Crippen LogP contribution in [0.3, 0.4) is 0 Å². The molecule has 0 bridgehead atoms. The number of nitrogens with one attached hydrogen (secondary N) is 1. The van der Waals surface area contributed by atoms with Crippen LogP contribution in [0.5, 0.6) is 0 Å². The third kappa shape index (κ3) is 6.25. The summed E-state index contributed by atoms with van der Waals surface area (Å²) >= 11 is 6.40. The highest BCUT2D eigenvalue weighted by molar-refractivity contribution is 6.32. The molecule has 1 aromatic heterocycles. The molecule has 2 N–H and O–H groups in total. The molecule has 0 unspecified atom stereocenters. The predicted molar refractivity (Wildman–Crippen MR) is 150 cm³/mol. The lowest BCUT2D eigenvalue weighted by Gasteiger charge is -2.25. The summed E-state index contributed by atoms with van der Waals surface area (Å²) in [4.78, 5) is 24.6. The van der Waals surface area contributed by atoms with Gasteiger partial charge in [0.1, 0.15) is 0 Å². The van der Waals surface area contributed by atoms with Crippen LogP contribution in [-0.2, 0) is 11.3 Å². The molecule has 0 radical (unpaired) electrons. The summed E-state index contributed by atoms with van der Waals surface area (Å²) < 4.78 is 1.87. The Morgan fingerprint density at radius 3 is 2.32 bits per heavy atom. The lowest BCUT2D eigenvalue weighted by atomic mass is 9.87. The Hall–Kier alpha value is -3.64. The normalized spacial score (nSPS) is 18.0. The summed E-state index contributed by atoms with van der Waals surface area (Å²) in [5.41, 5.74) is 4.71. The topological polar surface area (TPSA) is 84.2 Å². The number of hydrogen-bond donors (Lipinski definition) is 2. The molecule has 1 heterocycles. The molecule has 3 aromatic carbocycles. The fraction of sp³-hybridized carbons (Fsp3) is 0.323. The van der Waals surface area contributed by atoms with E-state index in [-0.39, 0.29) is 24.3 Å². The minimum Gasteiger partial charge on any atom is -0.481 e. The number of benzene rings is 3. The SMILES string of the molecule is O=C(O)CC1CCCC(NC(=O)c2cc(Cl)cc3cnn(Cc4ccc(-c5ccccc5)cc4)c23)CCC1. The third-order valence-corrected chi connectivity index (χ3v) is 7.68. The first-order valence-electron chi connectivity index (χ1n) is 13.3. The maximum atomic E-state index is 13.5. The fourth-order valence-corrected chi connectivity index (χ4v) is 5.78. The number of carboxylic acids is 1. The zero-order chi connectivity index (χ0) is 26.5. The lowest BCUT2D eigenvalue weighted by molar-refractivity contribution is -0.138. The van der Waals surface area contributed by atoms with Crippen LogP contribution in [0.25, 0.3) is 22.0 Å². The standard InChI is InChI=1S/C31H32ClN3O3/c32-26-17-25-19-33-35(20-22-12-14-24(15-13-22)23-8-2-1-3-9-23)30(25)28(18-26)31(38)34-27-10-4-6-21(7-5-11-27)16-29(36)37/h1-3,8-9,12-15,17-19,21,27H,4-7,10-11,16,20H2,(H,34,38)(H,36,37). The van der Waals surface area contributed by atoms with Crippen molar-refractivity contribution in [2.45, 2.75) is 57.5 Å². The molecule has 1 fully saturated rings. The first-order chi connectivity index (χ1) is 18.5. The number of nitrogens with zero attached hydrogens (tertiary/aromatic N) is 2. The Labute approximate surface area is 227 Å². The molecule has 7 heteroatoms. The molecule has 1 aliphatic rings. The van der Waals surface area contributed by atoms with Crippen LogP contribution >= 0.6 is 11.6 Å². The first-order valence-corrected chi connectivity index (χ1v) is 13.7. The average Bonchev–Trinajstić information content (AvgIpc) is 3.29. The van der Waals surface area contributed by atoms with E-state index in [0.717, 1.165) is 60.6 Å². The number of hydrogen-bond acceptors (Lipinski definition) is 3. The van der Waals surface area contributed by atoms with E-state index in [1.807, 2.05) is 28.9 Å². The zero-order valence-corrected chi connectivity index (χ0v) is 22.0. The summed E-state index contributed by atoms with van der Waals surface area (Å²) in [6.45, 7) is 0.537. The molecule has 6 nitrogen and oxygen atoms in total.